The number of rotatable bonds is 8. The van der Waals surface area contributed by atoms with E-state index in [0.717, 1.165) is 23.4 Å². The lowest BCUT2D eigenvalue weighted by Gasteiger charge is -2.09. The molecule has 0 spiro atoms. The molecule has 0 radical (unpaired) electrons. The number of unbranched alkanes of at least 4 members (excludes halogenated alkanes) is 1. The summed E-state index contributed by atoms with van der Waals surface area (Å²) in [6.45, 7) is 1.96. The average Bonchev–Trinajstić information content (AvgIpc) is 3.05. The zero-order chi connectivity index (χ0) is 19.3. The van der Waals surface area contributed by atoms with Gasteiger partial charge in [0, 0.05) is 30.7 Å². The van der Waals surface area contributed by atoms with Gasteiger partial charge in [-0.05, 0) is 24.6 Å². The summed E-state index contributed by atoms with van der Waals surface area (Å²) in [5.74, 6) is 0.588. The van der Waals surface area contributed by atoms with Crippen LogP contribution in [0.25, 0.3) is 11.3 Å². The zero-order valence-electron chi connectivity index (χ0n) is 15.3. The Labute approximate surface area is 158 Å². The number of sulfonamides is 1. The molecule has 2 aromatic heterocycles. The van der Waals surface area contributed by atoms with Crippen LogP contribution in [0.2, 0.25) is 0 Å². The molecule has 27 heavy (non-hydrogen) atoms. The Morgan fingerprint density at radius 1 is 1.11 bits per heavy atom. The van der Waals surface area contributed by atoms with E-state index >= 15 is 0 Å². The number of aromatic nitrogens is 4. The van der Waals surface area contributed by atoms with E-state index in [-0.39, 0.29) is 5.75 Å². The summed E-state index contributed by atoms with van der Waals surface area (Å²) < 4.78 is 28.3. The van der Waals surface area contributed by atoms with Gasteiger partial charge in [0.25, 0.3) is 0 Å². The number of benzene rings is 1. The third kappa shape index (κ3) is 5.27. The first-order chi connectivity index (χ1) is 12.9. The van der Waals surface area contributed by atoms with Crippen molar-refractivity contribution < 1.29 is 8.42 Å². The molecule has 2 N–H and O–H groups in total. The van der Waals surface area contributed by atoms with Gasteiger partial charge in [-0.2, -0.15) is 5.10 Å². The van der Waals surface area contributed by atoms with Crippen molar-refractivity contribution in [3.05, 3.63) is 48.9 Å². The van der Waals surface area contributed by atoms with Gasteiger partial charge in [-0.3, -0.25) is 9.40 Å². The van der Waals surface area contributed by atoms with Crippen molar-refractivity contribution in [2.45, 2.75) is 19.8 Å². The minimum Gasteiger partial charge on any atom is -0.321 e. The molecule has 0 aliphatic rings. The Morgan fingerprint density at radius 3 is 2.56 bits per heavy atom. The molecule has 9 heteroatoms. The number of nitrogens with zero attached hydrogens (tertiary/aromatic N) is 4. The second-order valence-electron chi connectivity index (χ2n) is 6.15. The van der Waals surface area contributed by atoms with Gasteiger partial charge in [0.15, 0.2) is 0 Å². The highest BCUT2D eigenvalue weighted by molar-refractivity contribution is 7.92. The Hall–Kier alpha value is -2.94. The van der Waals surface area contributed by atoms with Gasteiger partial charge >= 0.3 is 0 Å². The van der Waals surface area contributed by atoms with Gasteiger partial charge in [-0.1, -0.05) is 25.5 Å². The van der Waals surface area contributed by atoms with Gasteiger partial charge in [0.1, 0.15) is 0 Å². The highest BCUT2D eigenvalue weighted by Gasteiger charge is 2.10. The molecule has 0 aliphatic carbocycles. The van der Waals surface area contributed by atoms with Crippen molar-refractivity contribution in [3.8, 4) is 11.3 Å². The van der Waals surface area contributed by atoms with E-state index in [2.05, 4.69) is 25.1 Å². The monoisotopic (exact) mass is 386 g/mol. The van der Waals surface area contributed by atoms with E-state index in [1.165, 1.54) is 0 Å². The molecule has 3 aromatic rings. The molecule has 0 bridgehead atoms. The molecule has 8 nitrogen and oxygen atoms in total. The topological polar surface area (TPSA) is 102 Å². The molecule has 0 unspecified atom stereocenters. The second kappa shape index (κ2) is 8.17. The van der Waals surface area contributed by atoms with Crippen molar-refractivity contribution >= 4 is 27.3 Å². The zero-order valence-corrected chi connectivity index (χ0v) is 16.1. The van der Waals surface area contributed by atoms with Gasteiger partial charge in [-0.25, -0.2) is 18.4 Å². The second-order valence-corrected chi connectivity index (χ2v) is 7.99. The van der Waals surface area contributed by atoms with Crippen LogP contribution in [0.5, 0.6) is 0 Å². The molecule has 3 rings (SSSR count). The summed E-state index contributed by atoms with van der Waals surface area (Å²) in [5.41, 5.74) is 2.93. The van der Waals surface area contributed by atoms with Crippen LogP contribution in [0.15, 0.2) is 48.9 Å². The van der Waals surface area contributed by atoms with Crippen LogP contribution in [0.1, 0.15) is 19.8 Å². The Bertz CT molecular complexity index is 999. The maximum atomic E-state index is 12.0. The van der Waals surface area contributed by atoms with Crippen molar-refractivity contribution in [1.82, 2.24) is 19.7 Å². The first-order valence-electron chi connectivity index (χ1n) is 8.65. The van der Waals surface area contributed by atoms with E-state index in [1.54, 1.807) is 35.3 Å². The minimum absolute atomic E-state index is 0.126. The Morgan fingerprint density at radius 2 is 1.89 bits per heavy atom. The lowest BCUT2D eigenvalue weighted by Crippen LogP contribution is -2.16. The lowest BCUT2D eigenvalue weighted by molar-refractivity contribution is 0.598. The lowest BCUT2D eigenvalue weighted by atomic mass is 10.1. The fourth-order valence-electron chi connectivity index (χ4n) is 2.47. The highest BCUT2D eigenvalue weighted by atomic mass is 32.2. The van der Waals surface area contributed by atoms with Gasteiger partial charge in [-0.15, -0.1) is 0 Å². The van der Waals surface area contributed by atoms with Crippen LogP contribution in [-0.2, 0) is 17.1 Å². The van der Waals surface area contributed by atoms with Crippen molar-refractivity contribution in [3.63, 3.8) is 0 Å². The van der Waals surface area contributed by atoms with Crippen LogP contribution >= 0.6 is 0 Å². The molecule has 0 aliphatic heterocycles. The molecule has 0 fully saturated rings. The fraction of sp³-hybridized carbons (Fsp3) is 0.278. The van der Waals surface area contributed by atoms with Gasteiger partial charge in [0.05, 0.1) is 23.3 Å². The van der Waals surface area contributed by atoms with Crippen LogP contribution in [0.3, 0.4) is 0 Å². The van der Waals surface area contributed by atoms with Gasteiger partial charge < -0.3 is 5.32 Å². The number of hydrogen-bond donors (Lipinski definition) is 2. The molecule has 0 atom stereocenters. The van der Waals surface area contributed by atoms with Crippen LogP contribution in [-0.4, -0.2) is 33.9 Å². The summed E-state index contributed by atoms with van der Waals surface area (Å²) in [6.07, 6.45) is 6.66. The molecule has 0 saturated carbocycles. The predicted molar refractivity (Wildman–Crippen MR) is 106 cm³/mol. The van der Waals surface area contributed by atoms with E-state index < -0.39 is 10.0 Å². The third-order valence-electron chi connectivity index (χ3n) is 3.84. The average molecular weight is 386 g/mol. The number of anilines is 3. The van der Waals surface area contributed by atoms with Gasteiger partial charge in [0.2, 0.25) is 16.0 Å². The summed E-state index contributed by atoms with van der Waals surface area (Å²) in [4.78, 5) is 8.71. The molecule has 1 aromatic carbocycles. The van der Waals surface area contributed by atoms with E-state index in [0.29, 0.717) is 18.1 Å². The van der Waals surface area contributed by atoms with Crippen LogP contribution in [0.4, 0.5) is 17.3 Å². The largest absolute Gasteiger partial charge is 0.321 e. The van der Waals surface area contributed by atoms with Crippen molar-refractivity contribution in [2.75, 3.05) is 15.8 Å². The first kappa shape index (κ1) is 18.8. The first-order valence-corrected chi connectivity index (χ1v) is 10.3. The Balaban J connectivity index is 1.72. The maximum Gasteiger partial charge on any atom is 0.232 e. The van der Waals surface area contributed by atoms with E-state index in [9.17, 15) is 8.42 Å². The van der Waals surface area contributed by atoms with Crippen LogP contribution in [0, 0.1) is 0 Å². The highest BCUT2D eigenvalue weighted by Crippen LogP contribution is 2.22. The molecular formula is C18H22N6O2S. The van der Waals surface area contributed by atoms with E-state index in [1.807, 2.05) is 32.3 Å². The quantitative estimate of drug-likeness (QED) is 0.617. The molecular weight excluding hydrogens is 364 g/mol. The predicted octanol–water partition coefficient (Wildman–Crippen LogP) is 3.16. The summed E-state index contributed by atoms with van der Waals surface area (Å²) in [7, 11) is -1.47. The standard InChI is InChI=1S/C18H22N6O2S/c1-3-4-11-27(25,26)23-15-7-5-14(6-8-15)17-9-10-19-18(22-17)21-16-12-20-24(2)13-16/h5-10,12-13,23H,3-4,11H2,1-2H3,(H,19,21,22). The van der Waals surface area contributed by atoms with E-state index in [4.69, 9.17) is 0 Å². The third-order valence-corrected chi connectivity index (χ3v) is 5.21. The smallest absolute Gasteiger partial charge is 0.232 e. The summed E-state index contributed by atoms with van der Waals surface area (Å²) >= 11 is 0. The molecule has 0 saturated heterocycles. The number of hydrogen-bond acceptors (Lipinski definition) is 6. The van der Waals surface area contributed by atoms with Crippen LogP contribution < -0.4 is 10.0 Å². The normalized spacial score (nSPS) is 11.3. The van der Waals surface area contributed by atoms with Crippen molar-refractivity contribution in [1.29, 1.82) is 0 Å². The summed E-state index contributed by atoms with van der Waals surface area (Å²) in [6, 6.07) is 8.92. The Kier molecular flexibility index (Phi) is 5.70. The number of nitrogens with one attached hydrogen (secondary N) is 2. The minimum atomic E-state index is -3.31. The maximum absolute atomic E-state index is 12.0. The SMILES string of the molecule is CCCCS(=O)(=O)Nc1ccc(-c2ccnc(Nc3cnn(C)c3)n2)cc1. The molecule has 2 heterocycles. The molecule has 142 valence electrons. The summed E-state index contributed by atoms with van der Waals surface area (Å²) in [5, 5.41) is 7.19. The molecule has 0 amide bonds. The van der Waals surface area contributed by atoms with Crippen molar-refractivity contribution in [2.24, 2.45) is 7.05 Å². The number of aryl methyl sites for hydroxylation is 1. The fourth-order valence-corrected chi connectivity index (χ4v) is 3.73.